The van der Waals surface area contributed by atoms with Crippen LogP contribution < -0.4 is 5.32 Å². The number of nitrogens with zero attached hydrogens (tertiary/aromatic N) is 2. The predicted molar refractivity (Wildman–Crippen MR) is 107 cm³/mol. The van der Waals surface area contributed by atoms with Gasteiger partial charge in [0.25, 0.3) is 5.91 Å². The van der Waals surface area contributed by atoms with Crippen LogP contribution in [-0.2, 0) is 4.74 Å². The van der Waals surface area contributed by atoms with Gasteiger partial charge in [-0.3, -0.25) is 15.1 Å². The summed E-state index contributed by atoms with van der Waals surface area (Å²) >= 11 is 1.39. The van der Waals surface area contributed by atoms with Crippen LogP contribution in [0.2, 0.25) is 0 Å². The van der Waals surface area contributed by atoms with Crippen molar-refractivity contribution in [3.63, 3.8) is 0 Å². The SMILES string of the molecule is CC1=CC(OCC(O)CO)=CC(C)C1c1csc(NC(=O)c2ccncc2)n1. The molecule has 28 heavy (non-hydrogen) atoms. The van der Waals surface area contributed by atoms with E-state index in [0.29, 0.717) is 16.5 Å². The van der Waals surface area contributed by atoms with E-state index in [4.69, 9.17) is 9.84 Å². The molecule has 3 rings (SSSR count). The lowest BCUT2D eigenvalue weighted by atomic mass is 9.81. The van der Waals surface area contributed by atoms with Gasteiger partial charge >= 0.3 is 0 Å². The Morgan fingerprint density at radius 2 is 2.14 bits per heavy atom. The maximum atomic E-state index is 12.3. The molecule has 0 aromatic carbocycles. The van der Waals surface area contributed by atoms with Gasteiger partial charge in [-0.15, -0.1) is 11.3 Å². The van der Waals surface area contributed by atoms with Crippen molar-refractivity contribution in [3.05, 3.63) is 64.6 Å². The Labute approximate surface area is 167 Å². The smallest absolute Gasteiger partial charge is 0.257 e. The van der Waals surface area contributed by atoms with E-state index in [1.165, 1.54) is 11.3 Å². The molecule has 0 saturated heterocycles. The summed E-state index contributed by atoms with van der Waals surface area (Å²) in [4.78, 5) is 20.8. The van der Waals surface area contributed by atoms with Crippen LogP contribution in [-0.4, -0.2) is 45.4 Å². The van der Waals surface area contributed by atoms with Gasteiger partial charge in [0, 0.05) is 29.3 Å². The third-order valence-electron chi connectivity index (χ3n) is 4.47. The van der Waals surface area contributed by atoms with Crippen molar-refractivity contribution in [2.75, 3.05) is 18.5 Å². The summed E-state index contributed by atoms with van der Waals surface area (Å²) in [5.74, 6) is 0.676. The first-order valence-corrected chi connectivity index (χ1v) is 9.84. The minimum absolute atomic E-state index is 0.0470. The highest BCUT2D eigenvalue weighted by Crippen LogP contribution is 2.38. The van der Waals surface area contributed by atoms with Crippen LogP contribution in [0.3, 0.4) is 0 Å². The minimum Gasteiger partial charge on any atom is -0.491 e. The number of carbonyl (C=O) groups is 1. The van der Waals surface area contributed by atoms with Gasteiger partial charge in [0.05, 0.1) is 12.3 Å². The molecule has 2 heterocycles. The average molecular weight is 401 g/mol. The van der Waals surface area contributed by atoms with E-state index in [-0.39, 0.29) is 31.0 Å². The number of pyridine rings is 1. The average Bonchev–Trinajstić information content (AvgIpc) is 3.14. The van der Waals surface area contributed by atoms with Gasteiger partial charge in [0.1, 0.15) is 18.5 Å². The lowest BCUT2D eigenvalue weighted by molar-refractivity contribution is 0.0321. The second-order valence-electron chi connectivity index (χ2n) is 6.71. The molecule has 1 aliphatic rings. The fourth-order valence-corrected chi connectivity index (χ4v) is 3.87. The Morgan fingerprint density at radius 1 is 1.39 bits per heavy atom. The number of aliphatic hydroxyl groups is 2. The quantitative estimate of drug-likeness (QED) is 0.659. The molecule has 3 N–H and O–H groups in total. The summed E-state index contributed by atoms with van der Waals surface area (Å²) in [6, 6.07) is 3.31. The molecule has 0 fully saturated rings. The van der Waals surface area contributed by atoms with Crippen molar-refractivity contribution in [1.82, 2.24) is 9.97 Å². The molecule has 0 aliphatic heterocycles. The normalized spacial score (nSPS) is 20.1. The molecular weight excluding hydrogens is 378 g/mol. The molecule has 0 bridgehead atoms. The summed E-state index contributed by atoms with van der Waals surface area (Å²) in [5.41, 5.74) is 2.51. The lowest BCUT2D eigenvalue weighted by Crippen LogP contribution is -2.21. The molecule has 2 aromatic rings. The molecule has 1 aliphatic carbocycles. The van der Waals surface area contributed by atoms with Gasteiger partial charge in [0.15, 0.2) is 5.13 Å². The highest BCUT2D eigenvalue weighted by Gasteiger charge is 2.27. The van der Waals surface area contributed by atoms with Crippen molar-refractivity contribution in [2.45, 2.75) is 25.9 Å². The second-order valence-corrected chi connectivity index (χ2v) is 7.57. The Morgan fingerprint density at radius 3 is 2.82 bits per heavy atom. The van der Waals surface area contributed by atoms with Gasteiger partial charge in [-0.2, -0.15) is 0 Å². The zero-order valence-electron chi connectivity index (χ0n) is 15.7. The zero-order chi connectivity index (χ0) is 20.1. The van der Waals surface area contributed by atoms with E-state index in [1.807, 2.05) is 24.5 Å². The molecule has 8 heteroatoms. The largest absolute Gasteiger partial charge is 0.491 e. The first-order chi connectivity index (χ1) is 13.5. The number of amides is 1. The number of hydrogen-bond acceptors (Lipinski definition) is 7. The number of ether oxygens (including phenoxy) is 1. The van der Waals surface area contributed by atoms with E-state index in [9.17, 15) is 9.90 Å². The number of hydrogen-bond donors (Lipinski definition) is 3. The Bertz CT molecular complexity index is 879. The number of rotatable bonds is 7. The fraction of sp³-hybridized carbons (Fsp3) is 0.350. The van der Waals surface area contributed by atoms with Gasteiger partial charge in [-0.05, 0) is 37.1 Å². The summed E-state index contributed by atoms with van der Waals surface area (Å²) in [6.45, 7) is 3.79. The van der Waals surface area contributed by atoms with E-state index in [1.54, 1.807) is 24.5 Å². The first kappa shape index (κ1) is 20.2. The van der Waals surface area contributed by atoms with Gasteiger partial charge in [-0.25, -0.2) is 4.98 Å². The maximum absolute atomic E-state index is 12.3. The van der Waals surface area contributed by atoms with Crippen LogP contribution in [0.5, 0.6) is 0 Å². The topological polar surface area (TPSA) is 105 Å². The monoisotopic (exact) mass is 401 g/mol. The van der Waals surface area contributed by atoms with Crippen LogP contribution >= 0.6 is 11.3 Å². The molecule has 148 valence electrons. The van der Waals surface area contributed by atoms with Crippen molar-refractivity contribution in [3.8, 4) is 0 Å². The third-order valence-corrected chi connectivity index (χ3v) is 5.25. The first-order valence-electron chi connectivity index (χ1n) is 8.96. The molecule has 2 aromatic heterocycles. The lowest BCUT2D eigenvalue weighted by Gasteiger charge is -2.26. The van der Waals surface area contributed by atoms with Crippen molar-refractivity contribution in [1.29, 1.82) is 0 Å². The zero-order valence-corrected chi connectivity index (χ0v) is 16.5. The standard InChI is InChI=1S/C20H23N3O4S/c1-12-7-16(27-10-15(25)9-24)8-13(2)18(12)17-11-28-20(22-17)23-19(26)14-3-5-21-6-4-14/h3-8,11-12,15,18,24-25H,9-10H2,1-2H3,(H,22,23,26). The van der Waals surface area contributed by atoms with Crippen LogP contribution in [0.1, 0.15) is 35.8 Å². The highest BCUT2D eigenvalue weighted by atomic mass is 32.1. The molecule has 3 unspecified atom stereocenters. The maximum Gasteiger partial charge on any atom is 0.257 e. The minimum atomic E-state index is -0.896. The van der Waals surface area contributed by atoms with Crippen molar-refractivity contribution >= 4 is 22.4 Å². The predicted octanol–water partition coefficient (Wildman–Crippen LogP) is 2.72. The van der Waals surface area contributed by atoms with Crippen LogP contribution in [0, 0.1) is 5.92 Å². The van der Waals surface area contributed by atoms with Crippen molar-refractivity contribution < 1.29 is 19.7 Å². The van der Waals surface area contributed by atoms with Gasteiger partial charge < -0.3 is 14.9 Å². The van der Waals surface area contributed by atoms with Gasteiger partial charge in [0.2, 0.25) is 0 Å². The summed E-state index contributed by atoms with van der Waals surface area (Å²) in [5, 5.41) is 23.7. The third kappa shape index (κ3) is 4.83. The summed E-state index contributed by atoms with van der Waals surface area (Å²) < 4.78 is 5.56. The Balaban J connectivity index is 1.67. The molecular formula is C20H23N3O4S. The number of aromatic nitrogens is 2. The molecule has 7 nitrogen and oxygen atoms in total. The number of allylic oxidation sites excluding steroid dienone is 3. The van der Waals surface area contributed by atoms with Gasteiger partial charge in [-0.1, -0.05) is 12.5 Å². The van der Waals surface area contributed by atoms with Crippen LogP contribution in [0.25, 0.3) is 0 Å². The summed E-state index contributed by atoms with van der Waals surface area (Å²) in [7, 11) is 0. The summed E-state index contributed by atoms with van der Waals surface area (Å²) in [6.07, 6.45) is 6.16. The van der Waals surface area contributed by atoms with E-state index in [2.05, 4.69) is 22.2 Å². The second kappa shape index (κ2) is 9.09. The number of aliphatic hydroxyl groups excluding tert-OH is 2. The van der Waals surface area contributed by atoms with E-state index >= 15 is 0 Å². The van der Waals surface area contributed by atoms with Crippen LogP contribution in [0.4, 0.5) is 5.13 Å². The highest BCUT2D eigenvalue weighted by molar-refractivity contribution is 7.14. The molecule has 0 saturated carbocycles. The number of carbonyl (C=O) groups excluding carboxylic acids is 1. The van der Waals surface area contributed by atoms with E-state index in [0.717, 1.165) is 11.3 Å². The van der Waals surface area contributed by atoms with Crippen molar-refractivity contribution in [2.24, 2.45) is 5.92 Å². The Kier molecular flexibility index (Phi) is 6.56. The number of thiazole rings is 1. The number of nitrogens with one attached hydrogen (secondary N) is 1. The van der Waals surface area contributed by atoms with Crippen LogP contribution in [0.15, 0.2) is 53.4 Å². The molecule has 0 spiro atoms. The molecule has 1 amide bonds. The molecule has 3 atom stereocenters. The fourth-order valence-electron chi connectivity index (χ4n) is 3.13. The Hall–Kier alpha value is -2.55. The number of anilines is 1. The van der Waals surface area contributed by atoms with E-state index < -0.39 is 6.10 Å². The molecule has 0 radical (unpaired) electrons.